The molecule has 2 aromatic heterocycles. The van der Waals surface area contributed by atoms with Crippen LogP contribution in [0.3, 0.4) is 0 Å². The third-order valence-electron chi connectivity index (χ3n) is 2.08. The molecule has 2 aromatic rings. The van der Waals surface area contributed by atoms with Gasteiger partial charge in [0.05, 0.1) is 11.2 Å². The maximum Gasteiger partial charge on any atom is 0.276 e. The zero-order chi connectivity index (χ0) is 10.1. The Balaban J connectivity index is 2.74. The maximum absolute atomic E-state index is 11.3. The van der Waals surface area contributed by atoms with Gasteiger partial charge in [0.25, 0.3) is 5.56 Å². The van der Waals surface area contributed by atoms with E-state index in [1.54, 1.807) is 18.5 Å². The average Bonchev–Trinajstić information content (AvgIpc) is 2.17. The van der Waals surface area contributed by atoms with Gasteiger partial charge in [0.15, 0.2) is 5.52 Å². The molecule has 4 nitrogen and oxygen atoms in total. The van der Waals surface area contributed by atoms with Crippen molar-refractivity contribution >= 4 is 11.0 Å². The van der Waals surface area contributed by atoms with Crippen LogP contribution in [0.15, 0.2) is 23.3 Å². The largest absolute Gasteiger partial charge is 0.327 e. The standard InChI is InChI=1S/C10H11N3O/c1-6(2)8-5-12-9-7(13-8)3-4-11-10(9)14/h3-6H,1-2H3,(H,11,14). The molecule has 0 aliphatic rings. The van der Waals surface area contributed by atoms with Crippen molar-refractivity contribution < 1.29 is 0 Å². The summed E-state index contributed by atoms with van der Waals surface area (Å²) in [7, 11) is 0. The Kier molecular flexibility index (Phi) is 2.04. The van der Waals surface area contributed by atoms with Crippen LogP contribution in [0.5, 0.6) is 0 Å². The summed E-state index contributed by atoms with van der Waals surface area (Å²) in [5, 5.41) is 0. The van der Waals surface area contributed by atoms with Crippen LogP contribution in [0, 0.1) is 0 Å². The second-order valence-corrected chi connectivity index (χ2v) is 3.49. The van der Waals surface area contributed by atoms with Gasteiger partial charge in [-0.3, -0.25) is 4.79 Å². The minimum absolute atomic E-state index is 0.190. The van der Waals surface area contributed by atoms with E-state index in [9.17, 15) is 4.79 Å². The first-order valence-corrected chi connectivity index (χ1v) is 4.53. The van der Waals surface area contributed by atoms with E-state index in [0.717, 1.165) is 5.69 Å². The Morgan fingerprint density at radius 2 is 2.21 bits per heavy atom. The number of hydrogen-bond acceptors (Lipinski definition) is 3. The predicted octanol–water partition coefficient (Wildman–Crippen LogP) is 1.44. The SMILES string of the molecule is CC(C)c1cnc2c(=O)[nH]ccc2n1. The molecule has 0 aliphatic heterocycles. The molecule has 0 amide bonds. The van der Waals surface area contributed by atoms with Gasteiger partial charge in [-0.1, -0.05) is 13.8 Å². The fraction of sp³-hybridized carbons (Fsp3) is 0.300. The first-order valence-electron chi connectivity index (χ1n) is 4.53. The van der Waals surface area contributed by atoms with Crippen molar-refractivity contribution in [2.45, 2.75) is 19.8 Å². The lowest BCUT2D eigenvalue weighted by Crippen LogP contribution is -2.08. The van der Waals surface area contributed by atoms with Gasteiger partial charge in [0, 0.05) is 12.4 Å². The molecule has 0 aliphatic carbocycles. The molecular weight excluding hydrogens is 178 g/mol. The van der Waals surface area contributed by atoms with Crippen LogP contribution in [0.2, 0.25) is 0 Å². The van der Waals surface area contributed by atoms with Crippen LogP contribution in [0.25, 0.3) is 11.0 Å². The first-order chi connectivity index (χ1) is 6.68. The Morgan fingerprint density at radius 1 is 1.43 bits per heavy atom. The van der Waals surface area contributed by atoms with E-state index in [1.807, 2.05) is 13.8 Å². The monoisotopic (exact) mass is 189 g/mol. The number of aromatic nitrogens is 3. The van der Waals surface area contributed by atoms with Crippen molar-refractivity contribution in [3.05, 3.63) is 34.5 Å². The molecule has 14 heavy (non-hydrogen) atoms. The summed E-state index contributed by atoms with van der Waals surface area (Å²) in [5.41, 5.74) is 1.77. The Labute approximate surface area is 81.0 Å². The molecule has 0 fully saturated rings. The molecule has 0 aromatic carbocycles. The lowest BCUT2D eigenvalue weighted by atomic mass is 10.1. The van der Waals surface area contributed by atoms with Crippen molar-refractivity contribution in [3.63, 3.8) is 0 Å². The van der Waals surface area contributed by atoms with Crippen molar-refractivity contribution in [1.82, 2.24) is 15.0 Å². The highest BCUT2D eigenvalue weighted by molar-refractivity contribution is 5.72. The topological polar surface area (TPSA) is 58.6 Å². The van der Waals surface area contributed by atoms with Gasteiger partial charge < -0.3 is 4.98 Å². The molecule has 72 valence electrons. The van der Waals surface area contributed by atoms with E-state index in [0.29, 0.717) is 17.0 Å². The number of hydrogen-bond donors (Lipinski definition) is 1. The van der Waals surface area contributed by atoms with Gasteiger partial charge >= 0.3 is 0 Å². The maximum atomic E-state index is 11.3. The van der Waals surface area contributed by atoms with Crippen molar-refractivity contribution in [1.29, 1.82) is 0 Å². The lowest BCUT2D eigenvalue weighted by molar-refractivity contribution is 0.821. The number of nitrogens with one attached hydrogen (secondary N) is 1. The lowest BCUT2D eigenvalue weighted by Gasteiger charge is -2.03. The van der Waals surface area contributed by atoms with Gasteiger partial charge in [-0.2, -0.15) is 0 Å². The number of pyridine rings is 1. The highest BCUT2D eigenvalue weighted by atomic mass is 16.1. The van der Waals surface area contributed by atoms with Crippen molar-refractivity contribution in [2.75, 3.05) is 0 Å². The molecule has 0 unspecified atom stereocenters. The van der Waals surface area contributed by atoms with E-state index in [1.165, 1.54) is 0 Å². The van der Waals surface area contributed by atoms with Gasteiger partial charge in [-0.05, 0) is 12.0 Å². The molecule has 0 saturated heterocycles. The summed E-state index contributed by atoms with van der Waals surface area (Å²) >= 11 is 0. The second-order valence-electron chi connectivity index (χ2n) is 3.49. The fourth-order valence-corrected chi connectivity index (χ4v) is 1.25. The van der Waals surface area contributed by atoms with Gasteiger partial charge in [0.2, 0.25) is 0 Å². The molecule has 0 atom stereocenters. The number of nitrogens with zero attached hydrogens (tertiary/aromatic N) is 2. The normalized spacial score (nSPS) is 11.1. The molecule has 0 radical (unpaired) electrons. The summed E-state index contributed by atoms with van der Waals surface area (Å²) in [6.45, 7) is 4.09. The Morgan fingerprint density at radius 3 is 2.93 bits per heavy atom. The molecule has 0 bridgehead atoms. The predicted molar refractivity (Wildman–Crippen MR) is 54.2 cm³/mol. The third-order valence-corrected chi connectivity index (χ3v) is 2.08. The molecule has 0 saturated carbocycles. The third kappa shape index (κ3) is 1.39. The molecule has 2 heterocycles. The first kappa shape index (κ1) is 8.87. The fourth-order valence-electron chi connectivity index (χ4n) is 1.25. The molecule has 1 N–H and O–H groups in total. The summed E-state index contributed by atoms with van der Waals surface area (Å²) in [6.07, 6.45) is 3.24. The zero-order valence-electron chi connectivity index (χ0n) is 8.11. The van der Waals surface area contributed by atoms with Crippen LogP contribution < -0.4 is 5.56 Å². The molecular formula is C10H11N3O. The van der Waals surface area contributed by atoms with Crippen LogP contribution in [-0.2, 0) is 0 Å². The van der Waals surface area contributed by atoms with Crippen LogP contribution in [0.1, 0.15) is 25.5 Å². The van der Waals surface area contributed by atoms with E-state index in [-0.39, 0.29) is 5.56 Å². The second kappa shape index (κ2) is 3.21. The van der Waals surface area contributed by atoms with Crippen LogP contribution in [0.4, 0.5) is 0 Å². The molecule has 4 heteroatoms. The van der Waals surface area contributed by atoms with Crippen LogP contribution in [-0.4, -0.2) is 15.0 Å². The van der Waals surface area contributed by atoms with E-state index >= 15 is 0 Å². The number of rotatable bonds is 1. The average molecular weight is 189 g/mol. The Hall–Kier alpha value is -1.71. The van der Waals surface area contributed by atoms with E-state index < -0.39 is 0 Å². The molecule has 2 rings (SSSR count). The van der Waals surface area contributed by atoms with Crippen LogP contribution >= 0.6 is 0 Å². The summed E-state index contributed by atoms with van der Waals surface area (Å²) in [6, 6.07) is 1.76. The van der Waals surface area contributed by atoms with E-state index in [2.05, 4.69) is 15.0 Å². The van der Waals surface area contributed by atoms with Gasteiger partial charge in [-0.25, -0.2) is 9.97 Å². The summed E-state index contributed by atoms with van der Waals surface area (Å²) in [4.78, 5) is 22.3. The zero-order valence-corrected chi connectivity index (χ0v) is 8.11. The number of fused-ring (bicyclic) bond motifs is 1. The smallest absolute Gasteiger partial charge is 0.276 e. The van der Waals surface area contributed by atoms with E-state index in [4.69, 9.17) is 0 Å². The number of aromatic amines is 1. The number of H-pyrrole nitrogens is 1. The quantitative estimate of drug-likeness (QED) is 0.738. The van der Waals surface area contributed by atoms with Crippen molar-refractivity contribution in [3.8, 4) is 0 Å². The molecule has 0 spiro atoms. The highest BCUT2D eigenvalue weighted by Crippen LogP contribution is 2.12. The Bertz CT molecular complexity index is 516. The summed E-state index contributed by atoms with van der Waals surface area (Å²) in [5.74, 6) is 0.325. The van der Waals surface area contributed by atoms with Gasteiger partial charge in [-0.15, -0.1) is 0 Å². The minimum Gasteiger partial charge on any atom is -0.327 e. The summed E-state index contributed by atoms with van der Waals surface area (Å²) < 4.78 is 0. The highest BCUT2D eigenvalue weighted by Gasteiger charge is 2.04. The van der Waals surface area contributed by atoms with Crippen molar-refractivity contribution in [2.24, 2.45) is 0 Å². The van der Waals surface area contributed by atoms with Gasteiger partial charge in [0.1, 0.15) is 0 Å². The minimum atomic E-state index is -0.190.